The van der Waals surface area contributed by atoms with Crippen molar-refractivity contribution >= 4 is 17.3 Å². The fraction of sp³-hybridized carbons (Fsp3) is 0.316. The predicted octanol–water partition coefficient (Wildman–Crippen LogP) is 2.72. The van der Waals surface area contributed by atoms with Crippen LogP contribution in [0.1, 0.15) is 15.9 Å². The molecule has 0 bridgehead atoms. The van der Waals surface area contributed by atoms with E-state index in [4.69, 9.17) is 9.47 Å². The maximum Gasteiger partial charge on any atom is 0.274 e. The number of benzene rings is 2. The zero-order valence-corrected chi connectivity index (χ0v) is 15.2. The largest absolute Gasteiger partial charge is 0.486 e. The highest BCUT2D eigenvalue weighted by Gasteiger charge is 2.25. The molecular weight excluding hydrogens is 350 g/mol. The number of hydrogen-bond donors (Lipinski definition) is 1. The number of nitrogens with zero attached hydrogens (tertiary/aromatic N) is 2. The molecule has 8 nitrogen and oxygen atoms in total. The zero-order valence-electron chi connectivity index (χ0n) is 15.2. The fourth-order valence-electron chi connectivity index (χ4n) is 2.72. The average molecular weight is 371 g/mol. The van der Waals surface area contributed by atoms with Gasteiger partial charge in [0.05, 0.1) is 16.6 Å². The van der Waals surface area contributed by atoms with Crippen LogP contribution in [0.4, 0.5) is 11.4 Å². The molecule has 2 aromatic carbocycles. The minimum Gasteiger partial charge on any atom is -0.486 e. The van der Waals surface area contributed by atoms with E-state index in [0.29, 0.717) is 5.69 Å². The number of anilines is 1. The van der Waals surface area contributed by atoms with E-state index in [-0.39, 0.29) is 36.0 Å². The van der Waals surface area contributed by atoms with Crippen LogP contribution in [-0.4, -0.2) is 49.6 Å². The smallest absolute Gasteiger partial charge is 0.274 e. The molecule has 142 valence electrons. The van der Waals surface area contributed by atoms with Gasteiger partial charge < -0.3 is 19.7 Å². The van der Waals surface area contributed by atoms with E-state index in [9.17, 15) is 14.9 Å². The Bertz CT molecular complexity index is 849. The Balaban J connectivity index is 1.79. The number of nitro groups is 1. The fourth-order valence-corrected chi connectivity index (χ4v) is 2.72. The molecule has 3 rings (SSSR count). The van der Waals surface area contributed by atoms with Crippen molar-refractivity contribution in [2.45, 2.75) is 6.42 Å². The molecule has 0 saturated carbocycles. The highest BCUT2D eigenvalue weighted by atomic mass is 16.6. The monoisotopic (exact) mass is 371 g/mol. The molecule has 0 atom stereocenters. The van der Waals surface area contributed by atoms with E-state index < -0.39 is 10.8 Å². The normalized spacial score (nSPS) is 12.7. The Hall–Kier alpha value is -3.13. The van der Waals surface area contributed by atoms with Crippen molar-refractivity contribution in [3.8, 4) is 11.5 Å². The first kappa shape index (κ1) is 18.7. The summed E-state index contributed by atoms with van der Waals surface area (Å²) in [5.41, 5.74) is 1.62. The third-order valence-electron chi connectivity index (χ3n) is 4.14. The molecule has 1 N–H and O–H groups in total. The summed E-state index contributed by atoms with van der Waals surface area (Å²) in [5, 5.41) is 13.9. The van der Waals surface area contributed by atoms with E-state index in [1.54, 1.807) is 0 Å². The van der Waals surface area contributed by atoms with E-state index in [2.05, 4.69) is 10.2 Å². The molecule has 1 heterocycles. The molecule has 0 spiro atoms. The van der Waals surface area contributed by atoms with Crippen LogP contribution in [0.2, 0.25) is 0 Å². The van der Waals surface area contributed by atoms with Crippen molar-refractivity contribution < 1.29 is 19.2 Å². The van der Waals surface area contributed by atoms with Gasteiger partial charge in [-0.1, -0.05) is 12.1 Å². The number of carbonyl (C=O) groups is 1. The standard InChI is InChI=1S/C19H21N3O5/c1-21(2)8-7-13-3-5-14(6-4-13)20-19(23)16-11-15(22(24)25)12-17-18(16)27-10-9-26-17/h3-6,11-12H,7-10H2,1-2H3,(H,20,23). The van der Waals surface area contributed by atoms with Crippen LogP contribution in [0.3, 0.4) is 0 Å². The first-order valence-corrected chi connectivity index (χ1v) is 8.57. The molecule has 0 fully saturated rings. The Labute approximate surface area is 156 Å². The summed E-state index contributed by atoms with van der Waals surface area (Å²) in [6.07, 6.45) is 0.908. The van der Waals surface area contributed by atoms with Crippen LogP contribution in [0.25, 0.3) is 0 Å². The van der Waals surface area contributed by atoms with Crippen LogP contribution in [-0.2, 0) is 6.42 Å². The van der Waals surface area contributed by atoms with Gasteiger partial charge in [-0.25, -0.2) is 0 Å². The highest BCUT2D eigenvalue weighted by molar-refractivity contribution is 6.07. The topological polar surface area (TPSA) is 93.9 Å². The van der Waals surface area contributed by atoms with Gasteiger partial charge in [-0.15, -0.1) is 0 Å². The van der Waals surface area contributed by atoms with E-state index in [0.717, 1.165) is 18.5 Å². The number of ether oxygens (including phenoxy) is 2. The molecule has 1 aliphatic rings. The molecule has 0 saturated heterocycles. The van der Waals surface area contributed by atoms with Gasteiger partial charge in [-0.3, -0.25) is 14.9 Å². The molecule has 0 radical (unpaired) electrons. The third kappa shape index (κ3) is 4.53. The quantitative estimate of drug-likeness (QED) is 0.620. The Morgan fingerprint density at radius 1 is 1.19 bits per heavy atom. The lowest BCUT2D eigenvalue weighted by Gasteiger charge is -2.20. The van der Waals surface area contributed by atoms with Crippen LogP contribution in [0, 0.1) is 10.1 Å². The van der Waals surface area contributed by atoms with Gasteiger partial charge in [0, 0.05) is 18.3 Å². The number of nitro benzene ring substituents is 1. The molecule has 27 heavy (non-hydrogen) atoms. The second-order valence-corrected chi connectivity index (χ2v) is 6.48. The Morgan fingerprint density at radius 3 is 2.56 bits per heavy atom. The van der Waals surface area contributed by atoms with Gasteiger partial charge in [0.25, 0.3) is 11.6 Å². The number of nitrogens with one attached hydrogen (secondary N) is 1. The van der Waals surface area contributed by atoms with Crippen molar-refractivity contribution in [1.82, 2.24) is 4.90 Å². The number of likely N-dealkylation sites (N-methyl/N-ethyl adjacent to an activating group) is 1. The number of hydrogen-bond acceptors (Lipinski definition) is 6. The predicted molar refractivity (Wildman–Crippen MR) is 101 cm³/mol. The molecule has 0 aromatic heterocycles. The van der Waals surface area contributed by atoms with Crippen LogP contribution in [0.5, 0.6) is 11.5 Å². The number of carbonyl (C=O) groups excluding carboxylic acids is 1. The summed E-state index contributed by atoms with van der Waals surface area (Å²) in [7, 11) is 4.03. The van der Waals surface area contributed by atoms with E-state index >= 15 is 0 Å². The number of rotatable bonds is 6. The van der Waals surface area contributed by atoms with E-state index in [1.807, 2.05) is 38.4 Å². The maximum atomic E-state index is 12.7. The van der Waals surface area contributed by atoms with Gasteiger partial charge in [0.1, 0.15) is 13.2 Å². The van der Waals surface area contributed by atoms with Gasteiger partial charge in [0.2, 0.25) is 0 Å². The molecule has 2 aromatic rings. The van der Waals surface area contributed by atoms with Gasteiger partial charge in [-0.2, -0.15) is 0 Å². The average Bonchev–Trinajstić information content (AvgIpc) is 2.66. The number of fused-ring (bicyclic) bond motifs is 1. The summed E-state index contributed by atoms with van der Waals surface area (Å²) in [5.74, 6) is -0.0481. The Morgan fingerprint density at radius 2 is 1.89 bits per heavy atom. The van der Waals surface area contributed by atoms with Crippen molar-refractivity contribution in [3.05, 3.63) is 57.6 Å². The first-order chi connectivity index (χ1) is 12.9. The van der Waals surface area contributed by atoms with Crippen molar-refractivity contribution in [2.75, 3.05) is 39.2 Å². The molecule has 0 aliphatic carbocycles. The van der Waals surface area contributed by atoms with Crippen molar-refractivity contribution in [2.24, 2.45) is 0 Å². The third-order valence-corrected chi connectivity index (χ3v) is 4.14. The Kier molecular flexibility index (Phi) is 5.56. The van der Waals surface area contributed by atoms with Crippen molar-refractivity contribution in [1.29, 1.82) is 0 Å². The minimum absolute atomic E-state index is 0.0792. The van der Waals surface area contributed by atoms with Crippen molar-refractivity contribution in [3.63, 3.8) is 0 Å². The maximum absolute atomic E-state index is 12.7. The minimum atomic E-state index is -0.561. The molecule has 8 heteroatoms. The second kappa shape index (κ2) is 8.05. The lowest BCUT2D eigenvalue weighted by atomic mass is 10.1. The summed E-state index contributed by atoms with van der Waals surface area (Å²) in [6.45, 7) is 1.50. The summed E-state index contributed by atoms with van der Waals surface area (Å²) < 4.78 is 10.9. The number of amides is 1. The van der Waals surface area contributed by atoms with Gasteiger partial charge >= 0.3 is 0 Å². The second-order valence-electron chi connectivity index (χ2n) is 6.48. The molecule has 1 amide bonds. The van der Waals surface area contributed by atoms with Crippen LogP contribution < -0.4 is 14.8 Å². The summed E-state index contributed by atoms with van der Waals surface area (Å²) in [4.78, 5) is 25.4. The zero-order chi connectivity index (χ0) is 19.4. The summed E-state index contributed by atoms with van der Waals surface area (Å²) in [6, 6.07) is 9.98. The molecule has 1 aliphatic heterocycles. The summed E-state index contributed by atoms with van der Waals surface area (Å²) >= 11 is 0. The number of non-ortho nitro benzene ring substituents is 1. The highest BCUT2D eigenvalue weighted by Crippen LogP contribution is 2.38. The van der Waals surface area contributed by atoms with Gasteiger partial charge in [-0.05, 0) is 38.2 Å². The lowest BCUT2D eigenvalue weighted by molar-refractivity contribution is -0.385. The lowest BCUT2D eigenvalue weighted by Crippen LogP contribution is -2.20. The SMILES string of the molecule is CN(C)CCc1ccc(NC(=O)c2cc([N+](=O)[O-])cc3c2OCCO3)cc1. The van der Waals surface area contributed by atoms with Gasteiger partial charge in [0.15, 0.2) is 11.5 Å². The van der Waals surface area contributed by atoms with Crippen LogP contribution >= 0.6 is 0 Å². The van der Waals surface area contributed by atoms with E-state index in [1.165, 1.54) is 12.1 Å². The molecular formula is C19H21N3O5. The first-order valence-electron chi connectivity index (χ1n) is 8.57. The molecule has 0 unspecified atom stereocenters. The van der Waals surface area contributed by atoms with Crippen LogP contribution in [0.15, 0.2) is 36.4 Å².